The number of hydrogen-bond acceptors (Lipinski definition) is 3. The average molecular weight is 216 g/mol. The maximum atomic E-state index is 11.3. The first-order chi connectivity index (χ1) is 7.79. The van der Waals surface area contributed by atoms with E-state index in [0.29, 0.717) is 11.3 Å². The van der Waals surface area contributed by atoms with Crippen molar-refractivity contribution >= 4 is 0 Å². The Bertz CT molecular complexity index is 520. The highest BCUT2D eigenvalue weighted by Gasteiger charge is 2.01. The quantitative estimate of drug-likeness (QED) is 0.819. The molecule has 4 heteroatoms. The van der Waals surface area contributed by atoms with Crippen LogP contribution >= 0.6 is 0 Å². The van der Waals surface area contributed by atoms with Gasteiger partial charge in [0.2, 0.25) is 0 Å². The molecule has 1 aromatic carbocycles. The van der Waals surface area contributed by atoms with Crippen molar-refractivity contribution in [2.75, 3.05) is 0 Å². The van der Waals surface area contributed by atoms with Crippen molar-refractivity contribution in [2.45, 2.75) is 6.54 Å². The minimum atomic E-state index is -0.178. The standard InChI is InChI=1S/C12H12N2O2/c13-7-9-6-11(8-14-12(9)15)16-10-4-2-1-3-5-10/h1-6,8H,7,13H2,(H,14,15). The fraction of sp³-hybridized carbons (Fsp3) is 0.0833. The van der Waals surface area contributed by atoms with Gasteiger partial charge in [-0.15, -0.1) is 0 Å². The van der Waals surface area contributed by atoms with Crippen LogP contribution in [-0.4, -0.2) is 4.98 Å². The van der Waals surface area contributed by atoms with E-state index >= 15 is 0 Å². The van der Waals surface area contributed by atoms with E-state index in [9.17, 15) is 4.79 Å². The minimum Gasteiger partial charge on any atom is -0.456 e. The van der Waals surface area contributed by atoms with Gasteiger partial charge in [-0.25, -0.2) is 0 Å². The number of benzene rings is 1. The summed E-state index contributed by atoms with van der Waals surface area (Å²) in [6.45, 7) is 0.196. The van der Waals surface area contributed by atoms with Crippen LogP contribution in [0.2, 0.25) is 0 Å². The number of hydrogen-bond donors (Lipinski definition) is 2. The molecule has 0 fully saturated rings. The van der Waals surface area contributed by atoms with Gasteiger partial charge in [-0.2, -0.15) is 0 Å². The lowest BCUT2D eigenvalue weighted by molar-refractivity contribution is 0.479. The molecule has 0 unspecified atom stereocenters. The number of aromatic amines is 1. The van der Waals surface area contributed by atoms with Crippen molar-refractivity contribution in [3.8, 4) is 11.5 Å². The van der Waals surface area contributed by atoms with Gasteiger partial charge in [0.05, 0.1) is 0 Å². The van der Waals surface area contributed by atoms with E-state index in [1.165, 1.54) is 6.20 Å². The first-order valence-electron chi connectivity index (χ1n) is 4.94. The number of para-hydroxylation sites is 1. The summed E-state index contributed by atoms with van der Waals surface area (Å²) in [6, 6.07) is 11.0. The van der Waals surface area contributed by atoms with Crippen molar-refractivity contribution in [3.05, 3.63) is 58.5 Å². The minimum absolute atomic E-state index is 0.178. The van der Waals surface area contributed by atoms with Crippen molar-refractivity contribution in [2.24, 2.45) is 5.73 Å². The fourth-order valence-corrected chi connectivity index (χ4v) is 1.34. The molecule has 2 aromatic rings. The summed E-state index contributed by atoms with van der Waals surface area (Å²) in [5, 5.41) is 0. The Balaban J connectivity index is 2.26. The van der Waals surface area contributed by atoms with Gasteiger partial charge in [0, 0.05) is 18.3 Å². The number of nitrogens with one attached hydrogen (secondary N) is 1. The Hall–Kier alpha value is -2.07. The maximum absolute atomic E-state index is 11.3. The molecule has 82 valence electrons. The Morgan fingerprint density at radius 2 is 1.94 bits per heavy atom. The molecule has 3 N–H and O–H groups in total. The number of rotatable bonds is 3. The Labute approximate surface area is 92.7 Å². The molecular formula is C12H12N2O2. The zero-order valence-electron chi connectivity index (χ0n) is 8.64. The Kier molecular flexibility index (Phi) is 3.03. The van der Waals surface area contributed by atoms with Crippen LogP contribution in [0.1, 0.15) is 5.56 Å². The molecule has 0 saturated heterocycles. The van der Waals surface area contributed by atoms with Gasteiger partial charge in [0.1, 0.15) is 11.5 Å². The normalized spacial score (nSPS) is 10.1. The molecule has 4 nitrogen and oxygen atoms in total. The van der Waals surface area contributed by atoms with Crippen molar-refractivity contribution < 1.29 is 4.74 Å². The van der Waals surface area contributed by atoms with Gasteiger partial charge >= 0.3 is 0 Å². The van der Waals surface area contributed by atoms with Crippen LogP contribution in [0.5, 0.6) is 11.5 Å². The Morgan fingerprint density at radius 1 is 1.19 bits per heavy atom. The highest BCUT2D eigenvalue weighted by atomic mass is 16.5. The van der Waals surface area contributed by atoms with Crippen LogP contribution in [-0.2, 0) is 6.54 Å². The lowest BCUT2D eigenvalue weighted by atomic mass is 10.3. The molecule has 0 atom stereocenters. The molecule has 16 heavy (non-hydrogen) atoms. The monoisotopic (exact) mass is 216 g/mol. The third kappa shape index (κ3) is 2.29. The molecule has 0 bridgehead atoms. The number of ether oxygens (including phenoxy) is 1. The molecule has 2 rings (SSSR count). The van der Waals surface area contributed by atoms with Crippen LogP contribution in [0, 0.1) is 0 Å². The number of H-pyrrole nitrogens is 1. The van der Waals surface area contributed by atoms with Gasteiger partial charge in [-0.05, 0) is 18.2 Å². The van der Waals surface area contributed by atoms with Gasteiger partial charge in [0.25, 0.3) is 5.56 Å². The zero-order chi connectivity index (χ0) is 11.4. The van der Waals surface area contributed by atoms with Crippen LogP contribution < -0.4 is 16.0 Å². The molecule has 0 radical (unpaired) electrons. The third-order valence-electron chi connectivity index (χ3n) is 2.15. The molecule has 1 aromatic heterocycles. The summed E-state index contributed by atoms with van der Waals surface area (Å²) in [4.78, 5) is 13.8. The predicted octanol–water partition coefficient (Wildman–Crippen LogP) is 1.63. The van der Waals surface area contributed by atoms with Crippen molar-refractivity contribution in [1.82, 2.24) is 4.98 Å². The average Bonchev–Trinajstić information content (AvgIpc) is 2.33. The predicted molar refractivity (Wildman–Crippen MR) is 61.5 cm³/mol. The highest BCUT2D eigenvalue weighted by Crippen LogP contribution is 2.19. The smallest absolute Gasteiger partial charge is 0.252 e. The van der Waals surface area contributed by atoms with E-state index < -0.39 is 0 Å². The summed E-state index contributed by atoms with van der Waals surface area (Å²) in [5.41, 5.74) is 5.77. The molecule has 0 aliphatic heterocycles. The van der Waals surface area contributed by atoms with E-state index in [1.807, 2.05) is 30.3 Å². The lowest BCUT2D eigenvalue weighted by Crippen LogP contribution is -2.15. The van der Waals surface area contributed by atoms with Crippen LogP contribution in [0.4, 0.5) is 0 Å². The van der Waals surface area contributed by atoms with Gasteiger partial charge < -0.3 is 15.5 Å². The number of aromatic nitrogens is 1. The van der Waals surface area contributed by atoms with E-state index in [-0.39, 0.29) is 12.1 Å². The molecular weight excluding hydrogens is 204 g/mol. The molecule has 1 heterocycles. The summed E-state index contributed by atoms with van der Waals surface area (Å²) in [6.07, 6.45) is 1.52. The summed E-state index contributed by atoms with van der Waals surface area (Å²) in [5.74, 6) is 1.30. The Morgan fingerprint density at radius 3 is 2.62 bits per heavy atom. The summed E-state index contributed by atoms with van der Waals surface area (Å²) < 4.78 is 5.55. The highest BCUT2D eigenvalue weighted by molar-refractivity contribution is 5.31. The second-order valence-corrected chi connectivity index (χ2v) is 3.31. The largest absolute Gasteiger partial charge is 0.456 e. The molecule has 0 aliphatic rings. The zero-order valence-corrected chi connectivity index (χ0v) is 8.64. The van der Waals surface area contributed by atoms with Crippen LogP contribution in [0.25, 0.3) is 0 Å². The molecule has 0 saturated carbocycles. The first-order valence-corrected chi connectivity index (χ1v) is 4.94. The molecule has 0 aliphatic carbocycles. The molecule has 0 amide bonds. The van der Waals surface area contributed by atoms with Gasteiger partial charge in [-0.1, -0.05) is 18.2 Å². The summed E-state index contributed by atoms with van der Waals surface area (Å²) in [7, 11) is 0. The van der Waals surface area contributed by atoms with E-state index in [2.05, 4.69) is 4.98 Å². The summed E-state index contributed by atoms with van der Waals surface area (Å²) >= 11 is 0. The second kappa shape index (κ2) is 4.63. The van der Waals surface area contributed by atoms with Crippen LogP contribution in [0.15, 0.2) is 47.4 Å². The van der Waals surface area contributed by atoms with Crippen molar-refractivity contribution in [3.63, 3.8) is 0 Å². The fourth-order valence-electron chi connectivity index (χ4n) is 1.34. The van der Waals surface area contributed by atoms with Crippen LogP contribution in [0.3, 0.4) is 0 Å². The lowest BCUT2D eigenvalue weighted by Gasteiger charge is -2.05. The first kappa shape index (κ1) is 10.4. The van der Waals surface area contributed by atoms with E-state index in [4.69, 9.17) is 10.5 Å². The van der Waals surface area contributed by atoms with Crippen molar-refractivity contribution in [1.29, 1.82) is 0 Å². The molecule has 0 spiro atoms. The van der Waals surface area contributed by atoms with E-state index in [0.717, 1.165) is 5.75 Å². The topological polar surface area (TPSA) is 68.1 Å². The number of nitrogens with two attached hydrogens (primary N) is 1. The number of pyridine rings is 1. The maximum Gasteiger partial charge on any atom is 0.252 e. The van der Waals surface area contributed by atoms with Gasteiger partial charge in [0.15, 0.2) is 0 Å². The third-order valence-corrected chi connectivity index (χ3v) is 2.15. The van der Waals surface area contributed by atoms with E-state index in [1.54, 1.807) is 6.07 Å². The van der Waals surface area contributed by atoms with Gasteiger partial charge in [-0.3, -0.25) is 4.79 Å². The SMILES string of the molecule is NCc1cc(Oc2ccccc2)c[nH]c1=O. The second-order valence-electron chi connectivity index (χ2n) is 3.31.